The molecule has 0 spiro atoms. The van der Waals surface area contributed by atoms with E-state index in [0.29, 0.717) is 19.3 Å². The Morgan fingerprint density at radius 1 is 0.540 bits per heavy atom. The molecule has 8 heteroatoms. The maximum Gasteiger partial charge on any atom is 0.266 e. The second kappa shape index (κ2) is 36.2. The fourth-order valence-corrected chi connectivity index (χ4v) is 7.27. The van der Waals surface area contributed by atoms with Crippen molar-refractivity contribution in [3.63, 3.8) is 0 Å². The molecule has 0 aromatic rings. The molecule has 0 heterocycles. The summed E-state index contributed by atoms with van der Waals surface area (Å²) in [4.78, 5) is 12.6. The molecule has 0 aromatic heterocycles. The molecule has 0 aliphatic heterocycles. The van der Waals surface area contributed by atoms with Crippen LogP contribution in [0.3, 0.4) is 0 Å². The van der Waals surface area contributed by atoms with Crippen LogP contribution in [0.1, 0.15) is 213 Å². The minimum absolute atomic E-state index is 0.280. The highest BCUT2D eigenvalue weighted by molar-refractivity contribution is 7.85. The lowest BCUT2D eigenvalue weighted by Crippen LogP contribution is -2.50. The van der Waals surface area contributed by atoms with Gasteiger partial charge in [-0.05, 0) is 38.5 Å². The molecule has 296 valence electrons. The van der Waals surface area contributed by atoms with Gasteiger partial charge in [-0.15, -0.1) is 0 Å². The lowest BCUT2D eigenvalue weighted by molar-refractivity contribution is -0.131. The number of nitrogens with one attached hydrogen (secondary N) is 1. The highest BCUT2D eigenvalue weighted by Crippen LogP contribution is 2.16. The minimum Gasteiger partial charge on any atom is -0.391 e. The van der Waals surface area contributed by atoms with Crippen molar-refractivity contribution >= 4 is 16.0 Å². The molecule has 0 fully saturated rings. The van der Waals surface area contributed by atoms with Gasteiger partial charge in [0, 0.05) is 0 Å². The van der Waals surface area contributed by atoms with E-state index in [0.717, 1.165) is 57.8 Å². The van der Waals surface area contributed by atoms with Gasteiger partial charge in [0.15, 0.2) is 0 Å². The molecule has 7 nitrogen and oxygen atoms in total. The van der Waals surface area contributed by atoms with Crippen molar-refractivity contribution in [3.8, 4) is 0 Å². The van der Waals surface area contributed by atoms with Gasteiger partial charge in [0.2, 0.25) is 5.91 Å². The van der Waals surface area contributed by atoms with Gasteiger partial charge in [0.25, 0.3) is 10.1 Å². The van der Waals surface area contributed by atoms with E-state index in [9.17, 15) is 28.0 Å². The number of hydrogen-bond donors (Lipinski definition) is 4. The van der Waals surface area contributed by atoms with Gasteiger partial charge in [0.05, 0.1) is 17.9 Å². The monoisotopic (exact) mass is 728 g/mol. The third-order valence-electron chi connectivity index (χ3n) is 9.79. The molecule has 3 atom stereocenters. The average Bonchev–Trinajstić information content (AvgIpc) is 3.08. The normalized spacial score (nSPS) is 14.1. The minimum atomic E-state index is -4.41. The summed E-state index contributed by atoms with van der Waals surface area (Å²) in [6, 6.07) is -1.15. The Balaban J connectivity index is 3.97. The van der Waals surface area contributed by atoms with E-state index in [1.54, 1.807) is 0 Å². The molecule has 3 unspecified atom stereocenters. The first-order chi connectivity index (χ1) is 24.2. The Kier molecular flexibility index (Phi) is 35.3. The summed E-state index contributed by atoms with van der Waals surface area (Å²) < 4.78 is 32.6. The van der Waals surface area contributed by atoms with Gasteiger partial charge in [0.1, 0.15) is 6.10 Å². The van der Waals surface area contributed by atoms with Gasteiger partial charge < -0.3 is 15.5 Å². The zero-order valence-corrected chi connectivity index (χ0v) is 33.5. The third-order valence-corrected chi connectivity index (χ3v) is 10.6. The molecule has 0 aliphatic carbocycles. The molecule has 1 amide bonds. The Bertz CT molecular complexity index is 906. The number of aliphatic hydroxyl groups is 2. The molecule has 0 saturated carbocycles. The quantitative estimate of drug-likeness (QED) is 0.0285. The summed E-state index contributed by atoms with van der Waals surface area (Å²) in [5, 5.41) is 23.5. The maximum absolute atomic E-state index is 12.6. The van der Waals surface area contributed by atoms with Gasteiger partial charge in [-0.2, -0.15) is 8.42 Å². The van der Waals surface area contributed by atoms with Crippen molar-refractivity contribution in [2.45, 2.75) is 231 Å². The van der Waals surface area contributed by atoms with Crippen LogP contribution < -0.4 is 5.32 Å². The summed E-state index contributed by atoms with van der Waals surface area (Å²) >= 11 is 0. The second-order valence-electron chi connectivity index (χ2n) is 14.8. The van der Waals surface area contributed by atoms with Crippen LogP contribution >= 0.6 is 0 Å². The van der Waals surface area contributed by atoms with E-state index >= 15 is 0 Å². The van der Waals surface area contributed by atoms with E-state index in [-0.39, 0.29) is 6.42 Å². The lowest BCUT2D eigenvalue weighted by Gasteiger charge is -2.24. The van der Waals surface area contributed by atoms with Crippen LogP contribution in [0.2, 0.25) is 0 Å². The van der Waals surface area contributed by atoms with Crippen molar-refractivity contribution in [2.75, 3.05) is 5.75 Å². The van der Waals surface area contributed by atoms with E-state index in [4.69, 9.17) is 0 Å². The first-order valence-corrected chi connectivity index (χ1v) is 22.8. The lowest BCUT2D eigenvalue weighted by atomic mass is 10.0. The number of carbonyl (C=O) groups excluding carboxylic acids is 1. The number of unbranched alkanes of at least 4 members (excludes halogenated alkanes) is 26. The molecule has 0 saturated heterocycles. The Hall–Kier alpha value is -1.22. The zero-order valence-electron chi connectivity index (χ0n) is 32.6. The largest absolute Gasteiger partial charge is 0.391 e. The molecule has 0 bridgehead atoms. The standard InChI is InChI=1S/C42H81NO6S/c1-3-5-7-9-11-13-15-17-19-20-21-22-23-25-26-28-30-32-34-36-40(44)39(38-50(47,48)49)43-42(46)41(45)37-35-33-31-29-27-24-18-16-14-12-10-8-6-4-2/h12,14,16,18,39-41,44-45H,3-11,13,15,17,19-38H2,1-2H3,(H,43,46)(H,47,48,49)/b14-12-,18-16-. The Morgan fingerprint density at radius 2 is 0.880 bits per heavy atom. The van der Waals surface area contributed by atoms with Gasteiger partial charge in [-0.3, -0.25) is 9.35 Å². The van der Waals surface area contributed by atoms with Crippen LogP contribution in [0.4, 0.5) is 0 Å². The molecular weight excluding hydrogens is 647 g/mol. The summed E-state index contributed by atoms with van der Waals surface area (Å²) in [5.41, 5.74) is 0. The average molecular weight is 728 g/mol. The van der Waals surface area contributed by atoms with Crippen molar-refractivity contribution < 1.29 is 28.0 Å². The van der Waals surface area contributed by atoms with E-state index in [2.05, 4.69) is 43.5 Å². The molecule has 0 rings (SSSR count). The number of carbonyl (C=O) groups is 1. The topological polar surface area (TPSA) is 124 Å². The summed E-state index contributed by atoms with van der Waals surface area (Å²) in [6.45, 7) is 4.48. The Morgan fingerprint density at radius 3 is 1.30 bits per heavy atom. The molecule has 0 aromatic carbocycles. The maximum atomic E-state index is 12.6. The van der Waals surface area contributed by atoms with Crippen molar-refractivity contribution in [1.82, 2.24) is 5.32 Å². The van der Waals surface area contributed by atoms with E-state index < -0.39 is 40.0 Å². The van der Waals surface area contributed by atoms with Gasteiger partial charge >= 0.3 is 0 Å². The van der Waals surface area contributed by atoms with E-state index in [1.165, 1.54) is 116 Å². The fourth-order valence-electron chi connectivity index (χ4n) is 6.51. The van der Waals surface area contributed by atoms with Crippen molar-refractivity contribution in [2.24, 2.45) is 0 Å². The Labute approximate surface area is 309 Å². The molecule has 0 aliphatic rings. The number of aliphatic hydroxyl groups excluding tert-OH is 2. The van der Waals surface area contributed by atoms with Crippen LogP contribution in [-0.4, -0.2) is 53.1 Å². The van der Waals surface area contributed by atoms with E-state index in [1.807, 2.05) is 0 Å². The molecular formula is C42H81NO6S. The number of hydrogen-bond acceptors (Lipinski definition) is 5. The van der Waals surface area contributed by atoms with Crippen LogP contribution in [-0.2, 0) is 14.9 Å². The van der Waals surface area contributed by atoms with Crippen molar-refractivity contribution in [3.05, 3.63) is 24.3 Å². The number of allylic oxidation sites excluding steroid dienone is 4. The molecule has 4 N–H and O–H groups in total. The molecule has 50 heavy (non-hydrogen) atoms. The van der Waals surface area contributed by atoms with Crippen LogP contribution in [0, 0.1) is 0 Å². The molecule has 0 radical (unpaired) electrons. The van der Waals surface area contributed by atoms with Gasteiger partial charge in [-0.1, -0.05) is 199 Å². The summed E-state index contributed by atoms with van der Waals surface area (Å²) in [7, 11) is -4.41. The summed E-state index contributed by atoms with van der Waals surface area (Å²) in [6.07, 6.45) is 41.9. The van der Waals surface area contributed by atoms with Crippen molar-refractivity contribution in [1.29, 1.82) is 0 Å². The predicted octanol–water partition coefficient (Wildman–Crippen LogP) is 11.3. The number of rotatable bonds is 38. The van der Waals surface area contributed by atoms with Crippen LogP contribution in [0.5, 0.6) is 0 Å². The smallest absolute Gasteiger partial charge is 0.266 e. The first-order valence-electron chi connectivity index (χ1n) is 21.1. The highest BCUT2D eigenvalue weighted by Gasteiger charge is 2.28. The highest BCUT2D eigenvalue weighted by atomic mass is 32.2. The van der Waals surface area contributed by atoms with Crippen LogP contribution in [0.25, 0.3) is 0 Å². The third kappa shape index (κ3) is 35.2. The van der Waals surface area contributed by atoms with Gasteiger partial charge in [-0.25, -0.2) is 0 Å². The predicted molar refractivity (Wildman–Crippen MR) is 213 cm³/mol. The first kappa shape index (κ1) is 48.8. The zero-order chi connectivity index (χ0) is 37.0. The second-order valence-corrected chi connectivity index (χ2v) is 16.3. The summed E-state index contributed by atoms with van der Waals surface area (Å²) in [5.74, 6) is -1.46. The van der Waals surface area contributed by atoms with Crippen LogP contribution in [0.15, 0.2) is 24.3 Å². The fraction of sp³-hybridized carbons (Fsp3) is 0.881. The number of amides is 1. The SMILES string of the molecule is CCCCC/C=C\C=C/CCCCCCCC(O)C(=O)NC(CS(=O)(=O)O)C(O)CCCCCCCCCCCCCCCCCCCCC.